The van der Waals surface area contributed by atoms with Crippen LogP contribution >= 0.6 is 23.2 Å². The van der Waals surface area contributed by atoms with E-state index in [0.717, 1.165) is 0 Å². The van der Waals surface area contributed by atoms with Gasteiger partial charge in [0.25, 0.3) is 0 Å². The van der Waals surface area contributed by atoms with Crippen molar-refractivity contribution in [3.8, 4) is 0 Å². The summed E-state index contributed by atoms with van der Waals surface area (Å²) in [6.07, 6.45) is 2.86. The lowest BCUT2D eigenvalue weighted by Gasteiger charge is -2.08. The Bertz CT molecular complexity index is 82.9. The summed E-state index contributed by atoms with van der Waals surface area (Å²) in [4.78, 5) is 0. The molecule has 0 amide bonds. The first-order valence-corrected chi connectivity index (χ1v) is 3.44. The van der Waals surface area contributed by atoms with Crippen LogP contribution < -0.4 is 0 Å². The van der Waals surface area contributed by atoms with Crippen molar-refractivity contribution in [3.05, 3.63) is 0 Å². The summed E-state index contributed by atoms with van der Waals surface area (Å²) < 4.78 is -1.47. The molecular formula is C5H8Cl2O. The SMILES string of the molecule is OC(Cl)(Cl)CC1CC1. The molecule has 0 heterocycles. The summed E-state index contributed by atoms with van der Waals surface area (Å²) in [5, 5.41) is 8.76. The van der Waals surface area contributed by atoms with E-state index >= 15 is 0 Å². The molecule has 1 aliphatic rings. The fraction of sp³-hybridized carbons (Fsp3) is 1.00. The van der Waals surface area contributed by atoms with E-state index in [2.05, 4.69) is 0 Å². The molecule has 0 bridgehead atoms. The van der Waals surface area contributed by atoms with Crippen LogP contribution in [0.1, 0.15) is 19.3 Å². The average Bonchev–Trinajstić information content (AvgIpc) is 2.12. The lowest BCUT2D eigenvalue weighted by atomic mass is 10.3. The monoisotopic (exact) mass is 154 g/mol. The van der Waals surface area contributed by atoms with E-state index in [0.29, 0.717) is 12.3 Å². The number of hydrogen-bond acceptors (Lipinski definition) is 1. The Kier molecular flexibility index (Phi) is 1.71. The van der Waals surface area contributed by atoms with Gasteiger partial charge in [-0.1, -0.05) is 23.2 Å². The molecule has 0 unspecified atom stereocenters. The van der Waals surface area contributed by atoms with Gasteiger partial charge in [0, 0.05) is 6.42 Å². The molecule has 1 N–H and O–H groups in total. The maximum Gasteiger partial charge on any atom is 0.215 e. The Hall–Kier alpha value is 0.540. The predicted molar refractivity (Wildman–Crippen MR) is 34.0 cm³/mol. The molecule has 0 atom stereocenters. The molecule has 1 saturated carbocycles. The minimum Gasteiger partial charge on any atom is -0.363 e. The van der Waals surface area contributed by atoms with Gasteiger partial charge in [0.1, 0.15) is 0 Å². The molecule has 1 fully saturated rings. The maximum absolute atomic E-state index is 8.76. The second-order valence-electron chi connectivity index (χ2n) is 2.31. The molecule has 48 valence electrons. The van der Waals surface area contributed by atoms with Crippen molar-refractivity contribution >= 4 is 23.2 Å². The highest BCUT2D eigenvalue weighted by atomic mass is 35.5. The normalized spacial score (nSPS) is 21.4. The third kappa shape index (κ3) is 2.75. The molecule has 1 aliphatic carbocycles. The first kappa shape index (κ1) is 6.66. The minimum atomic E-state index is -1.47. The summed E-state index contributed by atoms with van der Waals surface area (Å²) in [5.41, 5.74) is 0. The zero-order chi connectivity index (χ0) is 6.20. The highest BCUT2D eigenvalue weighted by Crippen LogP contribution is 2.39. The van der Waals surface area contributed by atoms with Gasteiger partial charge in [0.05, 0.1) is 0 Å². The molecule has 8 heavy (non-hydrogen) atoms. The van der Waals surface area contributed by atoms with Gasteiger partial charge >= 0.3 is 0 Å². The third-order valence-corrected chi connectivity index (χ3v) is 1.54. The number of aliphatic hydroxyl groups is 1. The van der Waals surface area contributed by atoms with Crippen molar-refractivity contribution in [3.63, 3.8) is 0 Å². The molecule has 0 spiro atoms. The van der Waals surface area contributed by atoms with Crippen molar-refractivity contribution in [2.24, 2.45) is 5.92 Å². The molecule has 0 saturated heterocycles. The molecule has 0 aromatic rings. The molecular weight excluding hydrogens is 147 g/mol. The molecule has 1 nitrogen and oxygen atoms in total. The minimum absolute atomic E-state index is 0.524. The number of hydrogen-bond donors (Lipinski definition) is 1. The van der Waals surface area contributed by atoms with Gasteiger partial charge in [0.15, 0.2) is 0 Å². The van der Waals surface area contributed by atoms with Gasteiger partial charge in [-0.05, 0) is 18.8 Å². The van der Waals surface area contributed by atoms with E-state index in [-0.39, 0.29) is 0 Å². The van der Waals surface area contributed by atoms with Crippen LogP contribution in [0.4, 0.5) is 0 Å². The summed E-state index contributed by atoms with van der Waals surface area (Å²) in [5.74, 6) is 0.579. The lowest BCUT2D eigenvalue weighted by molar-refractivity contribution is 0.196. The van der Waals surface area contributed by atoms with Crippen molar-refractivity contribution < 1.29 is 5.11 Å². The quantitative estimate of drug-likeness (QED) is 0.604. The average molecular weight is 155 g/mol. The smallest absolute Gasteiger partial charge is 0.215 e. The number of alkyl halides is 2. The van der Waals surface area contributed by atoms with E-state index in [9.17, 15) is 0 Å². The van der Waals surface area contributed by atoms with Gasteiger partial charge in [-0.3, -0.25) is 0 Å². The molecule has 0 aliphatic heterocycles. The second kappa shape index (κ2) is 2.05. The van der Waals surface area contributed by atoms with Crippen LogP contribution in [0.3, 0.4) is 0 Å². The van der Waals surface area contributed by atoms with E-state index in [1.54, 1.807) is 0 Å². The Morgan fingerprint density at radius 1 is 1.50 bits per heavy atom. The van der Waals surface area contributed by atoms with Gasteiger partial charge in [-0.25, -0.2) is 0 Å². The summed E-state index contributed by atoms with van der Waals surface area (Å²) in [7, 11) is 0. The van der Waals surface area contributed by atoms with Gasteiger partial charge in [-0.2, -0.15) is 0 Å². The molecule has 0 aromatic heterocycles. The Morgan fingerprint density at radius 3 is 2.12 bits per heavy atom. The summed E-state index contributed by atoms with van der Waals surface area (Å²) in [6.45, 7) is 0. The lowest BCUT2D eigenvalue weighted by Crippen LogP contribution is -2.10. The van der Waals surface area contributed by atoms with E-state index in [1.165, 1.54) is 12.8 Å². The van der Waals surface area contributed by atoms with Crippen LogP contribution in [0.5, 0.6) is 0 Å². The Labute approximate surface area is 58.6 Å². The zero-order valence-electron chi connectivity index (χ0n) is 4.40. The van der Waals surface area contributed by atoms with E-state index < -0.39 is 4.52 Å². The molecule has 0 aromatic carbocycles. The highest BCUT2D eigenvalue weighted by Gasteiger charge is 2.31. The van der Waals surface area contributed by atoms with Crippen LogP contribution in [-0.4, -0.2) is 9.63 Å². The molecule has 3 heteroatoms. The fourth-order valence-electron chi connectivity index (χ4n) is 0.669. The van der Waals surface area contributed by atoms with Gasteiger partial charge in [-0.15, -0.1) is 0 Å². The first-order chi connectivity index (χ1) is 3.58. The van der Waals surface area contributed by atoms with Crippen molar-refractivity contribution in [2.75, 3.05) is 0 Å². The van der Waals surface area contributed by atoms with Crippen molar-refractivity contribution in [1.29, 1.82) is 0 Å². The van der Waals surface area contributed by atoms with Crippen LogP contribution in [0.15, 0.2) is 0 Å². The second-order valence-corrected chi connectivity index (χ2v) is 3.76. The highest BCUT2D eigenvalue weighted by molar-refractivity contribution is 6.46. The zero-order valence-corrected chi connectivity index (χ0v) is 5.91. The Morgan fingerprint density at radius 2 is 2.00 bits per heavy atom. The third-order valence-electron chi connectivity index (χ3n) is 1.23. The van der Waals surface area contributed by atoms with Crippen LogP contribution in [0, 0.1) is 5.92 Å². The van der Waals surface area contributed by atoms with Crippen LogP contribution in [0.25, 0.3) is 0 Å². The fourth-order valence-corrected chi connectivity index (χ4v) is 1.11. The largest absolute Gasteiger partial charge is 0.363 e. The number of rotatable bonds is 2. The molecule has 1 rings (SSSR count). The maximum atomic E-state index is 8.76. The van der Waals surface area contributed by atoms with Crippen molar-refractivity contribution in [1.82, 2.24) is 0 Å². The Balaban J connectivity index is 2.16. The first-order valence-electron chi connectivity index (χ1n) is 2.68. The van der Waals surface area contributed by atoms with E-state index in [1.807, 2.05) is 0 Å². The van der Waals surface area contributed by atoms with Crippen LogP contribution in [-0.2, 0) is 0 Å². The summed E-state index contributed by atoms with van der Waals surface area (Å²) >= 11 is 10.6. The van der Waals surface area contributed by atoms with E-state index in [4.69, 9.17) is 28.3 Å². The summed E-state index contributed by atoms with van der Waals surface area (Å²) in [6, 6.07) is 0. The van der Waals surface area contributed by atoms with Crippen LogP contribution in [0.2, 0.25) is 0 Å². The predicted octanol–water partition coefficient (Wildman–Crippen LogP) is 1.91. The molecule has 0 radical (unpaired) electrons. The standard InChI is InChI=1S/C5H8Cl2O/c6-5(7,8)3-4-1-2-4/h4,8H,1-3H2. The topological polar surface area (TPSA) is 20.2 Å². The number of halogens is 2. The van der Waals surface area contributed by atoms with Gasteiger partial charge < -0.3 is 5.11 Å². The van der Waals surface area contributed by atoms with Gasteiger partial charge in [0.2, 0.25) is 4.52 Å². The van der Waals surface area contributed by atoms with Crippen molar-refractivity contribution in [2.45, 2.75) is 23.8 Å².